The first-order chi connectivity index (χ1) is 11.4. The summed E-state index contributed by atoms with van der Waals surface area (Å²) in [7, 11) is 0. The van der Waals surface area contributed by atoms with Gasteiger partial charge < -0.3 is 10.4 Å². The van der Waals surface area contributed by atoms with E-state index in [2.05, 4.69) is 10.4 Å². The third-order valence-electron chi connectivity index (χ3n) is 4.21. The lowest BCUT2D eigenvalue weighted by Gasteiger charge is -2.21. The predicted octanol–water partition coefficient (Wildman–Crippen LogP) is 2.73. The number of rotatable bonds is 7. The fourth-order valence-electron chi connectivity index (χ4n) is 2.99. The lowest BCUT2D eigenvalue weighted by Crippen LogP contribution is -2.35. The largest absolute Gasteiger partial charge is 0.393 e. The Morgan fingerprint density at radius 3 is 2.46 bits per heavy atom. The molecule has 1 amide bonds. The molecule has 0 aliphatic rings. The molecule has 5 nitrogen and oxygen atoms in total. The van der Waals surface area contributed by atoms with Gasteiger partial charge in [-0.25, -0.2) is 0 Å². The van der Waals surface area contributed by atoms with Crippen LogP contribution in [0.2, 0.25) is 0 Å². The number of aryl methyl sites for hydroxylation is 2. The molecule has 0 fully saturated rings. The zero-order valence-corrected chi connectivity index (χ0v) is 14.9. The van der Waals surface area contributed by atoms with Crippen LogP contribution in [-0.2, 0) is 4.79 Å². The van der Waals surface area contributed by atoms with Crippen molar-refractivity contribution in [1.82, 2.24) is 15.1 Å². The molecular formula is C19H27N3O2. The van der Waals surface area contributed by atoms with Crippen molar-refractivity contribution in [2.24, 2.45) is 0 Å². The Balaban J connectivity index is 2.03. The Bertz CT molecular complexity index is 665. The molecule has 1 heterocycles. The van der Waals surface area contributed by atoms with Gasteiger partial charge in [0.1, 0.15) is 6.04 Å². The SMILES string of the molecule is Cc1cc(C)n([C@H](C)C(=O)NC[C@H](C[C@@H](C)O)c2ccccc2)n1. The minimum absolute atomic E-state index is 0.0623. The Hall–Kier alpha value is -2.14. The monoisotopic (exact) mass is 329 g/mol. The maximum Gasteiger partial charge on any atom is 0.244 e. The molecule has 0 saturated carbocycles. The number of aliphatic hydroxyl groups is 1. The highest BCUT2D eigenvalue weighted by atomic mass is 16.3. The minimum atomic E-state index is -0.416. The van der Waals surface area contributed by atoms with Gasteiger partial charge in [-0.2, -0.15) is 5.10 Å². The first-order valence-electron chi connectivity index (χ1n) is 8.42. The average molecular weight is 329 g/mol. The molecule has 0 bridgehead atoms. The van der Waals surface area contributed by atoms with Gasteiger partial charge in [-0.15, -0.1) is 0 Å². The Morgan fingerprint density at radius 1 is 1.25 bits per heavy atom. The van der Waals surface area contributed by atoms with E-state index in [4.69, 9.17) is 0 Å². The van der Waals surface area contributed by atoms with Crippen molar-refractivity contribution in [1.29, 1.82) is 0 Å². The number of nitrogens with zero attached hydrogens (tertiary/aromatic N) is 2. The molecule has 5 heteroatoms. The first kappa shape index (κ1) is 18.2. The van der Waals surface area contributed by atoms with Crippen LogP contribution < -0.4 is 5.32 Å². The summed E-state index contributed by atoms with van der Waals surface area (Å²) in [6.07, 6.45) is 0.194. The van der Waals surface area contributed by atoms with Crippen LogP contribution in [-0.4, -0.2) is 33.4 Å². The molecule has 0 unspecified atom stereocenters. The molecule has 2 rings (SSSR count). The van der Waals surface area contributed by atoms with E-state index in [1.807, 2.05) is 57.2 Å². The summed E-state index contributed by atoms with van der Waals surface area (Å²) in [5.74, 6) is 0.0236. The van der Waals surface area contributed by atoms with Crippen molar-refractivity contribution in [2.75, 3.05) is 6.54 Å². The highest BCUT2D eigenvalue weighted by Crippen LogP contribution is 2.21. The number of nitrogens with one attached hydrogen (secondary N) is 1. The van der Waals surface area contributed by atoms with Crippen LogP contribution in [0.15, 0.2) is 36.4 Å². The van der Waals surface area contributed by atoms with Gasteiger partial charge in [0.2, 0.25) is 5.91 Å². The summed E-state index contributed by atoms with van der Waals surface area (Å²) in [6.45, 7) is 7.99. The van der Waals surface area contributed by atoms with Gasteiger partial charge in [-0.1, -0.05) is 30.3 Å². The van der Waals surface area contributed by atoms with Crippen molar-refractivity contribution < 1.29 is 9.90 Å². The molecule has 0 spiro atoms. The quantitative estimate of drug-likeness (QED) is 0.821. The van der Waals surface area contributed by atoms with Gasteiger partial charge in [-0.3, -0.25) is 9.48 Å². The van der Waals surface area contributed by atoms with Gasteiger partial charge in [0.25, 0.3) is 0 Å². The van der Waals surface area contributed by atoms with Gasteiger partial charge >= 0.3 is 0 Å². The van der Waals surface area contributed by atoms with Crippen LogP contribution in [0.5, 0.6) is 0 Å². The van der Waals surface area contributed by atoms with E-state index >= 15 is 0 Å². The summed E-state index contributed by atoms with van der Waals surface area (Å²) in [5, 5.41) is 17.1. The van der Waals surface area contributed by atoms with E-state index < -0.39 is 6.10 Å². The van der Waals surface area contributed by atoms with Crippen molar-refractivity contribution in [3.63, 3.8) is 0 Å². The van der Waals surface area contributed by atoms with Gasteiger partial charge in [0.05, 0.1) is 11.8 Å². The van der Waals surface area contributed by atoms with Crippen LogP contribution in [0.1, 0.15) is 49.2 Å². The molecule has 130 valence electrons. The Morgan fingerprint density at radius 2 is 1.92 bits per heavy atom. The molecule has 2 aromatic rings. The van der Waals surface area contributed by atoms with Crippen molar-refractivity contribution in [3.8, 4) is 0 Å². The predicted molar refractivity (Wildman–Crippen MR) is 94.9 cm³/mol. The van der Waals surface area contributed by atoms with E-state index in [1.54, 1.807) is 11.6 Å². The lowest BCUT2D eigenvalue weighted by molar-refractivity contribution is -0.124. The molecule has 2 N–H and O–H groups in total. The summed E-state index contributed by atoms with van der Waals surface area (Å²) < 4.78 is 1.75. The number of aromatic nitrogens is 2. The second-order valence-corrected chi connectivity index (χ2v) is 6.49. The van der Waals surface area contributed by atoms with Gasteiger partial charge in [0.15, 0.2) is 0 Å². The van der Waals surface area contributed by atoms with Crippen molar-refractivity contribution >= 4 is 5.91 Å². The Kier molecular flexibility index (Phi) is 6.15. The smallest absolute Gasteiger partial charge is 0.244 e. The molecule has 1 aromatic carbocycles. The molecular weight excluding hydrogens is 302 g/mol. The summed E-state index contributed by atoms with van der Waals surface area (Å²) in [6, 6.07) is 11.6. The molecule has 0 aliphatic carbocycles. The van der Waals surface area contributed by atoms with Gasteiger partial charge in [-0.05, 0) is 45.7 Å². The number of aliphatic hydroxyl groups excluding tert-OH is 1. The third kappa shape index (κ3) is 4.68. The molecule has 0 radical (unpaired) electrons. The van der Waals surface area contributed by atoms with Crippen LogP contribution in [0.4, 0.5) is 0 Å². The maximum atomic E-state index is 12.5. The number of carbonyl (C=O) groups excluding carboxylic acids is 1. The second kappa shape index (κ2) is 8.11. The fourth-order valence-corrected chi connectivity index (χ4v) is 2.99. The molecule has 3 atom stereocenters. The van der Waals surface area contributed by atoms with E-state index in [-0.39, 0.29) is 17.9 Å². The second-order valence-electron chi connectivity index (χ2n) is 6.49. The third-order valence-corrected chi connectivity index (χ3v) is 4.21. The molecule has 1 aromatic heterocycles. The van der Waals surface area contributed by atoms with E-state index in [0.717, 1.165) is 17.0 Å². The summed E-state index contributed by atoms with van der Waals surface area (Å²) in [4.78, 5) is 12.5. The number of carbonyl (C=O) groups is 1. The highest BCUT2D eigenvalue weighted by molar-refractivity contribution is 5.79. The molecule has 24 heavy (non-hydrogen) atoms. The molecule has 0 aliphatic heterocycles. The van der Waals surface area contributed by atoms with Crippen LogP contribution >= 0.6 is 0 Å². The summed E-state index contributed by atoms with van der Waals surface area (Å²) >= 11 is 0. The van der Waals surface area contributed by atoms with Crippen LogP contribution in [0.3, 0.4) is 0 Å². The normalized spacial score (nSPS) is 14.9. The Labute approximate surface area is 143 Å². The lowest BCUT2D eigenvalue weighted by atomic mass is 9.93. The number of hydrogen-bond donors (Lipinski definition) is 2. The number of amides is 1. The van der Waals surface area contributed by atoms with E-state index in [0.29, 0.717) is 13.0 Å². The topological polar surface area (TPSA) is 67.2 Å². The first-order valence-corrected chi connectivity index (χ1v) is 8.42. The van der Waals surface area contributed by atoms with Crippen LogP contribution in [0.25, 0.3) is 0 Å². The van der Waals surface area contributed by atoms with Crippen LogP contribution in [0, 0.1) is 13.8 Å². The zero-order chi connectivity index (χ0) is 17.7. The average Bonchev–Trinajstić information content (AvgIpc) is 2.89. The fraction of sp³-hybridized carbons (Fsp3) is 0.474. The van der Waals surface area contributed by atoms with E-state index in [9.17, 15) is 9.90 Å². The van der Waals surface area contributed by atoms with Crippen molar-refractivity contribution in [3.05, 3.63) is 53.3 Å². The van der Waals surface area contributed by atoms with Gasteiger partial charge in [0, 0.05) is 18.2 Å². The van der Waals surface area contributed by atoms with E-state index in [1.165, 1.54) is 0 Å². The molecule has 0 saturated heterocycles. The summed E-state index contributed by atoms with van der Waals surface area (Å²) in [5.41, 5.74) is 3.00. The standard InChI is InChI=1S/C19H27N3O2/c1-13-10-14(2)22(21-13)16(4)19(24)20-12-18(11-15(3)23)17-8-6-5-7-9-17/h5-10,15-16,18,23H,11-12H2,1-4H3,(H,20,24)/t15-,16-,18+/m1/s1. The minimum Gasteiger partial charge on any atom is -0.393 e. The number of hydrogen-bond acceptors (Lipinski definition) is 3. The maximum absolute atomic E-state index is 12.5. The van der Waals surface area contributed by atoms with Crippen molar-refractivity contribution in [2.45, 2.75) is 52.2 Å². The highest BCUT2D eigenvalue weighted by Gasteiger charge is 2.20. The number of benzene rings is 1. The zero-order valence-electron chi connectivity index (χ0n) is 14.9.